The molecule has 1 N–H and O–H groups in total. The Bertz CT molecular complexity index is 1070. The summed E-state index contributed by atoms with van der Waals surface area (Å²) < 4.78 is 5.83. The number of aryl methyl sites for hydroxylation is 1. The minimum Gasteiger partial charge on any atom is -0.484 e. The van der Waals surface area contributed by atoms with Crippen LogP contribution in [0, 0.1) is 6.92 Å². The molecular weight excluding hydrogens is 436 g/mol. The molecule has 0 spiro atoms. The Morgan fingerprint density at radius 1 is 0.970 bits per heavy atom. The predicted molar refractivity (Wildman–Crippen MR) is 131 cm³/mol. The molecule has 0 fully saturated rings. The van der Waals surface area contributed by atoms with Crippen molar-refractivity contribution in [3.8, 4) is 5.75 Å². The molecule has 2 amide bonds. The standard InChI is InChI=1S/C27H29ClN2O3/c1-3-29-27(32)24(17-21-12-5-4-6-13-21)30(18-22-14-8-9-15-23(22)28)26(31)19-33-25-16-10-7-11-20(25)2/h4-16,24H,3,17-19H2,1-2H3,(H,29,32)/t24-/m1/s1. The van der Waals surface area contributed by atoms with E-state index in [2.05, 4.69) is 5.32 Å². The summed E-state index contributed by atoms with van der Waals surface area (Å²) in [7, 11) is 0. The molecule has 0 radical (unpaired) electrons. The lowest BCUT2D eigenvalue weighted by Crippen LogP contribution is -2.51. The summed E-state index contributed by atoms with van der Waals surface area (Å²) in [5.41, 5.74) is 2.67. The third-order valence-electron chi connectivity index (χ3n) is 5.37. The Labute approximate surface area is 200 Å². The van der Waals surface area contributed by atoms with Gasteiger partial charge in [-0.1, -0.05) is 78.3 Å². The molecule has 33 heavy (non-hydrogen) atoms. The van der Waals surface area contributed by atoms with Crippen molar-refractivity contribution in [2.24, 2.45) is 0 Å². The van der Waals surface area contributed by atoms with Crippen molar-refractivity contribution in [2.75, 3.05) is 13.2 Å². The van der Waals surface area contributed by atoms with Crippen molar-refractivity contribution in [3.63, 3.8) is 0 Å². The lowest BCUT2D eigenvalue weighted by atomic mass is 10.0. The van der Waals surface area contributed by atoms with Gasteiger partial charge in [0, 0.05) is 24.5 Å². The summed E-state index contributed by atoms with van der Waals surface area (Å²) in [6.45, 7) is 4.27. The summed E-state index contributed by atoms with van der Waals surface area (Å²) in [6, 6.07) is 23.8. The van der Waals surface area contributed by atoms with Gasteiger partial charge in [0.2, 0.25) is 5.91 Å². The first-order valence-electron chi connectivity index (χ1n) is 11.0. The molecule has 0 bridgehead atoms. The second kappa shape index (κ2) is 12.1. The number of amides is 2. The summed E-state index contributed by atoms with van der Waals surface area (Å²) in [4.78, 5) is 28.1. The number of ether oxygens (including phenoxy) is 1. The third kappa shape index (κ3) is 6.83. The Balaban J connectivity index is 1.91. The lowest BCUT2D eigenvalue weighted by Gasteiger charge is -2.31. The van der Waals surface area contributed by atoms with Crippen LogP contribution in [0.15, 0.2) is 78.9 Å². The molecule has 0 aliphatic rings. The van der Waals surface area contributed by atoms with Crippen molar-refractivity contribution < 1.29 is 14.3 Å². The zero-order valence-electron chi connectivity index (χ0n) is 19.0. The van der Waals surface area contributed by atoms with E-state index >= 15 is 0 Å². The molecule has 6 heteroatoms. The quantitative estimate of drug-likeness (QED) is 0.468. The first-order valence-corrected chi connectivity index (χ1v) is 11.4. The number of hydrogen-bond acceptors (Lipinski definition) is 3. The molecule has 0 heterocycles. The zero-order chi connectivity index (χ0) is 23.6. The fourth-order valence-corrected chi connectivity index (χ4v) is 3.79. The normalized spacial score (nSPS) is 11.5. The second-order valence-corrected chi connectivity index (χ2v) is 8.17. The van der Waals surface area contributed by atoms with E-state index in [9.17, 15) is 9.59 Å². The van der Waals surface area contributed by atoms with Crippen molar-refractivity contribution in [2.45, 2.75) is 32.9 Å². The Morgan fingerprint density at radius 2 is 1.64 bits per heavy atom. The molecule has 0 aliphatic carbocycles. The molecule has 0 aromatic heterocycles. The van der Waals surface area contributed by atoms with Crippen LogP contribution >= 0.6 is 11.6 Å². The second-order valence-electron chi connectivity index (χ2n) is 7.77. The number of para-hydroxylation sites is 1. The van der Waals surface area contributed by atoms with Crippen LogP contribution in [0.1, 0.15) is 23.6 Å². The van der Waals surface area contributed by atoms with Gasteiger partial charge in [-0.3, -0.25) is 9.59 Å². The van der Waals surface area contributed by atoms with Gasteiger partial charge in [-0.15, -0.1) is 0 Å². The van der Waals surface area contributed by atoms with E-state index in [-0.39, 0.29) is 25.0 Å². The third-order valence-corrected chi connectivity index (χ3v) is 5.73. The van der Waals surface area contributed by atoms with Crippen LogP contribution < -0.4 is 10.1 Å². The first-order chi connectivity index (χ1) is 16.0. The number of carbonyl (C=O) groups excluding carboxylic acids is 2. The average molecular weight is 465 g/mol. The van der Waals surface area contributed by atoms with E-state index in [1.165, 1.54) is 0 Å². The molecule has 3 aromatic rings. The Morgan fingerprint density at radius 3 is 2.33 bits per heavy atom. The number of benzene rings is 3. The number of nitrogens with zero attached hydrogens (tertiary/aromatic N) is 1. The maximum absolute atomic E-state index is 13.5. The van der Waals surface area contributed by atoms with Gasteiger partial charge in [-0.2, -0.15) is 0 Å². The van der Waals surface area contributed by atoms with E-state index in [1.807, 2.05) is 86.6 Å². The monoisotopic (exact) mass is 464 g/mol. The number of nitrogens with one attached hydrogen (secondary N) is 1. The van der Waals surface area contributed by atoms with Crippen molar-refractivity contribution in [3.05, 3.63) is 101 Å². The molecule has 3 rings (SSSR count). The van der Waals surface area contributed by atoms with E-state index in [4.69, 9.17) is 16.3 Å². The molecule has 0 saturated carbocycles. The highest BCUT2D eigenvalue weighted by molar-refractivity contribution is 6.31. The highest BCUT2D eigenvalue weighted by atomic mass is 35.5. The smallest absolute Gasteiger partial charge is 0.261 e. The van der Waals surface area contributed by atoms with E-state index in [0.29, 0.717) is 23.7 Å². The topological polar surface area (TPSA) is 58.6 Å². The van der Waals surface area contributed by atoms with Crippen LogP contribution in [0.5, 0.6) is 5.75 Å². The SMILES string of the molecule is CCNC(=O)[C@@H](Cc1ccccc1)N(Cc1ccccc1Cl)C(=O)COc1ccccc1C. The van der Waals surface area contributed by atoms with Gasteiger partial charge < -0.3 is 15.0 Å². The van der Waals surface area contributed by atoms with Crippen molar-refractivity contribution in [1.29, 1.82) is 0 Å². The zero-order valence-corrected chi connectivity index (χ0v) is 19.7. The van der Waals surface area contributed by atoms with Gasteiger partial charge in [-0.05, 0) is 42.7 Å². The van der Waals surface area contributed by atoms with E-state index in [1.54, 1.807) is 11.0 Å². The molecule has 3 aromatic carbocycles. The maximum Gasteiger partial charge on any atom is 0.261 e. The van der Waals surface area contributed by atoms with Crippen molar-refractivity contribution in [1.82, 2.24) is 10.2 Å². The molecular formula is C27H29ClN2O3. The Hall–Kier alpha value is -3.31. The number of halogens is 1. The van der Waals surface area contributed by atoms with Gasteiger partial charge in [-0.25, -0.2) is 0 Å². The summed E-state index contributed by atoms with van der Waals surface area (Å²) in [5.74, 6) is 0.143. The average Bonchev–Trinajstić information content (AvgIpc) is 2.82. The van der Waals surface area contributed by atoms with E-state index in [0.717, 1.165) is 16.7 Å². The van der Waals surface area contributed by atoms with Crippen LogP contribution in [0.4, 0.5) is 0 Å². The summed E-state index contributed by atoms with van der Waals surface area (Å²) in [6.07, 6.45) is 0.382. The molecule has 172 valence electrons. The molecule has 0 unspecified atom stereocenters. The molecule has 5 nitrogen and oxygen atoms in total. The van der Waals surface area contributed by atoms with Crippen molar-refractivity contribution >= 4 is 23.4 Å². The number of carbonyl (C=O) groups is 2. The fourth-order valence-electron chi connectivity index (χ4n) is 3.60. The first kappa shape index (κ1) is 24.3. The highest BCUT2D eigenvalue weighted by Crippen LogP contribution is 2.21. The predicted octanol–water partition coefficient (Wildman–Crippen LogP) is 4.80. The summed E-state index contributed by atoms with van der Waals surface area (Å²) in [5, 5.41) is 3.42. The molecule has 0 aliphatic heterocycles. The molecule has 1 atom stereocenters. The van der Waals surface area contributed by atoms with Gasteiger partial charge in [0.25, 0.3) is 5.91 Å². The van der Waals surface area contributed by atoms with E-state index < -0.39 is 6.04 Å². The van der Waals surface area contributed by atoms with Crippen LogP contribution in [0.2, 0.25) is 5.02 Å². The van der Waals surface area contributed by atoms with Gasteiger partial charge in [0.05, 0.1) is 0 Å². The van der Waals surface area contributed by atoms with Crippen LogP contribution in [0.25, 0.3) is 0 Å². The van der Waals surface area contributed by atoms with Gasteiger partial charge in [0.15, 0.2) is 6.61 Å². The lowest BCUT2D eigenvalue weighted by molar-refractivity contribution is -0.142. The Kier molecular flexibility index (Phi) is 8.90. The summed E-state index contributed by atoms with van der Waals surface area (Å²) >= 11 is 6.40. The van der Waals surface area contributed by atoms with Crippen LogP contribution in [0.3, 0.4) is 0 Å². The molecule has 0 saturated heterocycles. The number of likely N-dealkylation sites (N-methyl/N-ethyl adjacent to an activating group) is 1. The van der Waals surface area contributed by atoms with Gasteiger partial charge in [0.1, 0.15) is 11.8 Å². The largest absolute Gasteiger partial charge is 0.484 e. The highest BCUT2D eigenvalue weighted by Gasteiger charge is 2.30. The van der Waals surface area contributed by atoms with Crippen LogP contribution in [-0.4, -0.2) is 35.9 Å². The number of rotatable bonds is 10. The minimum atomic E-state index is -0.711. The van der Waals surface area contributed by atoms with Crippen LogP contribution in [-0.2, 0) is 22.6 Å². The number of hydrogen-bond donors (Lipinski definition) is 1. The van der Waals surface area contributed by atoms with Gasteiger partial charge >= 0.3 is 0 Å². The fraction of sp³-hybridized carbons (Fsp3) is 0.259. The minimum absolute atomic E-state index is 0.181. The maximum atomic E-state index is 13.5.